The van der Waals surface area contributed by atoms with Crippen LogP contribution in [-0.2, 0) is 6.42 Å². The van der Waals surface area contributed by atoms with Gasteiger partial charge in [-0.3, -0.25) is 9.78 Å². The maximum Gasteiger partial charge on any atom is 0.193 e. The number of carbonyl (C=O) groups is 1. The Hall–Kier alpha value is -3.69. The van der Waals surface area contributed by atoms with E-state index in [1.165, 1.54) is 36.2 Å². The Balaban J connectivity index is 1.41. The standard InChI is InChI=1S/C29H23F3N4OS/c1-18-6-8-33-26(10-18)28(37)29-15-19-16-34-36(24-4-2-21(30)3-5-24)27(19)11-20(29)7-9-35(17-29)38-25-13-22(31)12-23(32)14-25/h2-6,8,10-14,16H,7,9,15,17H2,1H3. The van der Waals surface area contributed by atoms with Crippen molar-refractivity contribution in [1.29, 1.82) is 0 Å². The maximum atomic E-state index is 14.2. The van der Waals surface area contributed by atoms with Gasteiger partial charge in [-0.1, -0.05) is 5.57 Å². The molecule has 9 heteroatoms. The van der Waals surface area contributed by atoms with Gasteiger partial charge in [-0.25, -0.2) is 22.2 Å². The number of pyridine rings is 1. The van der Waals surface area contributed by atoms with Gasteiger partial charge in [0.25, 0.3) is 0 Å². The number of halogens is 3. The molecule has 4 aromatic rings. The van der Waals surface area contributed by atoms with Crippen LogP contribution in [0.4, 0.5) is 13.2 Å². The van der Waals surface area contributed by atoms with Gasteiger partial charge in [-0.2, -0.15) is 5.10 Å². The van der Waals surface area contributed by atoms with Crippen molar-refractivity contribution in [3.8, 4) is 5.69 Å². The Morgan fingerprint density at radius 2 is 1.76 bits per heavy atom. The van der Waals surface area contributed by atoms with Gasteiger partial charge in [0.2, 0.25) is 0 Å². The second kappa shape index (κ2) is 9.56. The molecule has 1 aliphatic carbocycles. The molecule has 0 spiro atoms. The van der Waals surface area contributed by atoms with Gasteiger partial charge in [0.15, 0.2) is 5.78 Å². The van der Waals surface area contributed by atoms with Crippen molar-refractivity contribution < 1.29 is 18.0 Å². The fourth-order valence-corrected chi connectivity index (χ4v) is 6.41. The summed E-state index contributed by atoms with van der Waals surface area (Å²) in [5, 5.41) is 4.56. The molecule has 0 saturated carbocycles. The minimum Gasteiger partial charge on any atom is -0.291 e. The average molecular weight is 533 g/mol. The van der Waals surface area contributed by atoms with Crippen LogP contribution in [0.3, 0.4) is 0 Å². The van der Waals surface area contributed by atoms with Crippen molar-refractivity contribution in [3.05, 3.63) is 113 Å². The molecule has 2 aliphatic rings. The molecule has 1 fully saturated rings. The Kier molecular flexibility index (Phi) is 6.20. The molecule has 1 atom stereocenters. The summed E-state index contributed by atoms with van der Waals surface area (Å²) in [7, 11) is 0. The zero-order chi connectivity index (χ0) is 26.4. The molecule has 38 heavy (non-hydrogen) atoms. The molecule has 6 rings (SSSR count). The molecule has 5 nitrogen and oxygen atoms in total. The van der Waals surface area contributed by atoms with Crippen molar-refractivity contribution in [2.75, 3.05) is 13.1 Å². The topological polar surface area (TPSA) is 51.0 Å². The second-order valence-corrected chi connectivity index (χ2v) is 10.9. The van der Waals surface area contributed by atoms with Gasteiger partial charge in [-0.15, -0.1) is 0 Å². The minimum absolute atomic E-state index is 0.0941. The summed E-state index contributed by atoms with van der Waals surface area (Å²) in [4.78, 5) is 19.0. The monoisotopic (exact) mass is 532 g/mol. The highest BCUT2D eigenvalue weighted by Crippen LogP contribution is 2.48. The first-order valence-corrected chi connectivity index (χ1v) is 13.0. The lowest BCUT2D eigenvalue weighted by Gasteiger charge is -2.44. The highest BCUT2D eigenvalue weighted by atomic mass is 32.2. The van der Waals surface area contributed by atoms with E-state index in [2.05, 4.69) is 10.1 Å². The first-order chi connectivity index (χ1) is 18.3. The molecule has 0 amide bonds. The lowest BCUT2D eigenvalue weighted by Crippen LogP contribution is -2.49. The smallest absolute Gasteiger partial charge is 0.193 e. The van der Waals surface area contributed by atoms with Crippen LogP contribution in [0.5, 0.6) is 0 Å². The summed E-state index contributed by atoms with van der Waals surface area (Å²) in [6.07, 6.45) is 6.38. The van der Waals surface area contributed by atoms with Crippen molar-refractivity contribution >= 4 is 23.8 Å². The molecule has 1 saturated heterocycles. The fourth-order valence-electron chi connectivity index (χ4n) is 5.32. The highest BCUT2D eigenvalue weighted by Gasteiger charge is 2.49. The van der Waals surface area contributed by atoms with E-state index >= 15 is 0 Å². The Bertz CT molecular complexity index is 1560. The summed E-state index contributed by atoms with van der Waals surface area (Å²) in [5.41, 5.74) is 3.84. The molecule has 192 valence electrons. The molecule has 3 heterocycles. The normalized spacial score (nSPS) is 19.0. The number of rotatable bonds is 5. The number of nitrogens with zero attached hydrogens (tertiary/aromatic N) is 4. The number of aryl methyl sites for hydroxylation is 1. The van der Waals surface area contributed by atoms with E-state index in [0.717, 1.165) is 34.1 Å². The molecule has 0 bridgehead atoms. The largest absolute Gasteiger partial charge is 0.291 e. The molecular formula is C29H23F3N4OS. The van der Waals surface area contributed by atoms with Crippen molar-refractivity contribution in [2.24, 2.45) is 5.41 Å². The molecule has 2 aromatic carbocycles. The lowest BCUT2D eigenvalue weighted by atomic mass is 9.65. The van der Waals surface area contributed by atoms with Crippen LogP contribution in [0.2, 0.25) is 0 Å². The van der Waals surface area contributed by atoms with Gasteiger partial charge in [0.1, 0.15) is 23.1 Å². The molecule has 1 aliphatic heterocycles. The zero-order valence-electron chi connectivity index (χ0n) is 20.5. The van der Waals surface area contributed by atoms with E-state index in [0.29, 0.717) is 36.5 Å². The minimum atomic E-state index is -0.915. The predicted molar refractivity (Wildman–Crippen MR) is 139 cm³/mol. The summed E-state index contributed by atoms with van der Waals surface area (Å²) in [5.74, 6) is -1.71. The van der Waals surface area contributed by atoms with E-state index in [1.54, 1.807) is 35.3 Å². The number of benzene rings is 2. The second-order valence-electron chi connectivity index (χ2n) is 9.73. The number of fused-ring (bicyclic) bond motifs is 2. The van der Waals surface area contributed by atoms with Crippen LogP contribution in [-0.4, -0.2) is 37.9 Å². The molecule has 0 N–H and O–H groups in total. The molecular weight excluding hydrogens is 509 g/mol. The van der Waals surface area contributed by atoms with Crippen LogP contribution < -0.4 is 0 Å². The fraction of sp³-hybridized carbons (Fsp3) is 0.207. The van der Waals surface area contributed by atoms with E-state index in [9.17, 15) is 18.0 Å². The molecule has 2 aromatic heterocycles. The third-order valence-electron chi connectivity index (χ3n) is 7.11. The van der Waals surface area contributed by atoms with E-state index in [4.69, 9.17) is 0 Å². The van der Waals surface area contributed by atoms with E-state index in [-0.39, 0.29) is 11.6 Å². The molecule has 0 radical (unpaired) electrons. The predicted octanol–water partition coefficient (Wildman–Crippen LogP) is 6.21. The van der Waals surface area contributed by atoms with Gasteiger partial charge in [0.05, 0.1) is 23.0 Å². The maximum absolute atomic E-state index is 14.2. The average Bonchev–Trinajstić information content (AvgIpc) is 3.29. The first-order valence-electron chi connectivity index (χ1n) is 12.2. The summed E-state index contributed by atoms with van der Waals surface area (Å²) < 4.78 is 45.0. The van der Waals surface area contributed by atoms with Crippen LogP contribution in [0.25, 0.3) is 11.8 Å². The van der Waals surface area contributed by atoms with Crippen LogP contribution in [0, 0.1) is 29.8 Å². The molecule has 1 unspecified atom stereocenters. The van der Waals surface area contributed by atoms with Crippen LogP contribution >= 0.6 is 11.9 Å². The number of hydrogen-bond donors (Lipinski definition) is 0. The number of ketones is 1. The first kappa shape index (κ1) is 24.6. The van der Waals surface area contributed by atoms with Gasteiger partial charge < -0.3 is 0 Å². The quantitative estimate of drug-likeness (QED) is 0.226. The Morgan fingerprint density at radius 1 is 1.00 bits per heavy atom. The third kappa shape index (κ3) is 4.46. The number of piperidine rings is 1. The third-order valence-corrected chi connectivity index (χ3v) is 8.12. The van der Waals surface area contributed by atoms with Crippen LogP contribution in [0.15, 0.2) is 77.5 Å². The van der Waals surface area contributed by atoms with Crippen LogP contribution in [0.1, 0.15) is 33.7 Å². The summed E-state index contributed by atoms with van der Waals surface area (Å²) in [6.45, 7) is 2.85. The number of hydrogen-bond acceptors (Lipinski definition) is 5. The number of Topliss-reactive ketones (excluding diaryl/α,β-unsaturated/α-hetero) is 1. The highest BCUT2D eigenvalue weighted by molar-refractivity contribution is 7.97. The number of carbonyl (C=O) groups excluding carboxylic acids is 1. The SMILES string of the molecule is Cc1ccnc(C(=O)C23Cc4cnn(-c5ccc(F)cc5)c4C=C2CCN(Sc2cc(F)cc(F)c2)C3)c1. The lowest BCUT2D eigenvalue weighted by molar-refractivity contribution is 0.0775. The summed E-state index contributed by atoms with van der Waals surface area (Å²) in [6, 6.07) is 13.2. The van der Waals surface area contributed by atoms with Gasteiger partial charge in [0, 0.05) is 30.2 Å². The number of aromatic nitrogens is 3. The van der Waals surface area contributed by atoms with Gasteiger partial charge in [-0.05, 0) is 97.4 Å². The zero-order valence-corrected chi connectivity index (χ0v) is 21.3. The van der Waals surface area contributed by atoms with Gasteiger partial charge >= 0.3 is 0 Å². The Labute approximate surface area is 222 Å². The van der Waals surface area contributed by atoms with Crippen molar-refractivity contribution in [3.63, 3.8) is 0 Å². The Morgan fingerprint density at radius 3 is 2.50 bits per heavy atom. The van der Waals surface area contributed by atoms with E-state index in [1.807, 2.05) is 23.4 Å². The van der Waals surface area contributed by atoms with Crippen molar-refractivity contribution in [1.82, 2.24) is 19.1 Å². The van der Waals surface area contributed by atoms with E-state index < -0.39 is 17.0 Å². The summed E-state index contributed by atoms with van der Waals surface area (Å²) >= 11 is 1.24. The van der Waals surface area contributed by atoms with Crippen molar-refractivity contribution in [2.45, 2.75) is 24.7 Å².